The molecule has 1 aromatic heterocycles. The van der Waals surface area contributed by atoms with Crippen LogP contribution in [-0.2, 0) is 19.3 Å². The van der Waals surface area contributed by atoms with Crippen LogP contribution in [0.1, 0.15) is 17.0 Å². The molecule has 0 saturated carbocycles. The van der Waals surface area contributed by atoms with Gasteiger partial charge in [0.1, 0.15) is 5.75 Å². The number of halogens is 3. The highest BCUT2D eigenvalue weighted by Gasteiger charge is 2.29. The van der Waals surface area contributed by atoms with Gasteiger partial charge in [0.05, 0.1) is 19.2 Å². The Labute approximate surface area is 154 Å². The Kier molecular flexibility index (Phi) is 5.46. The van der Waals surface area contributed by atoms with Crippen molar-refractivity contribution in [3.05, 3.63) is 65.5 Å². The van der Waals surface area contributed by atoms with E-state index in [1.807, 2.05) is 24.1 Å². The summed E-state index contributed by atoms with van der Waals surface area (Å²) in [5, 5.41) is 8.06. The molecule has 0 aliphatic rings. The molecule has 3 aromatic rings. The predicted octanol–water partition coefficient (Wildman–Crippen LogP) is 4.40. The third-order valence-corrected chi connectivity index (χ3v) is 3.94. The molecule has 27 heavy (non-hydrogen) atoms. The first-order chi connectivity index (χ1) is 12.8. The average molecular weight is 377 g/mol. The van der Waals surface area contributed by atoms with Crippen molar-refractivity contribution in [2.75, 3.05) is 14.2 Å². The van der Waals surface area contributed by atoms with Gasteiger partial charge in [0.2, 0.25) is 11.8 Å². The lowest BCUT2D eigenvalue weighted by Crippen LogP contribution is -2.17. The van der Waals surface area contributed by atoms with E-state index in [0.29, 0.717) is 24.9 Å². The lowest BCUT2D eigenvalue weighted by Gasteiger charge is -2.15. The molecular weight excluding hydrogens is 359 g/mol. The molecule has 0 aliphatic carbocycles. The summed E-state index contributed by atoms with van der Waals surface area (Å²) in [4.78, 5) is 1.88. The normalized spacial score (nSPS) is 11.8. The minimum absolute atomic E-state index is 0.379. The van der Waals surface area contributed by atoms with Gasteiger partial charge in [-0.1, -0.05) is 12.1 Å². The lowest BCUT2D eigenvalue weighted by molar-refractivity contribution is -0.137. The summed E-state index contributed by atoms with van der Waals surface area (Å²) >= 11 is 0. The van der Waals surface area contributed by atoms with Crippen molar-refractivity contribution < 1.29 is 22.3 Å². The molecule has 5 nitrogen and oxygen atoms in total. The first-order valence-corrected chi connectivity index (χ1v) is 8.16. The summed E-state index contributed by atoms with van der Waals surface area (Å²) in [5.74, 6) is 1.56. The van der Waals surface area contributed by atoms with Crippen LogP contribution in [0.2, 0.25) is 0 Å². The molecule has 3 rings (SSSR count). The zero-order chi connectivity index (χ0) is 19.4. The molecule has 0 spiro atoms. The molecule has 0 saturated heterocycles. The Morgan fingerprint density at radius 3 is 2.22 bits per heavy atom. The van der Waals surface area contributed by atoms with Crippen molar-refractivity contribution in [1.82, 2.24) is 15.1 Å². The molecular formula is C19H18F3N3O2. The van der Waals surface area contributed by atoms with Crippen molar-refractivity contribution in [2.45, 2.75) is 19.3 Å². The highest BCUT2D eigenvalue weighted by Crippen LogP contribution is 2.29. The van der Waals surface area contributed by atoms with Gasteiger partial charge < -0.3 is 9.15 Å². The Hall–Kier alpha value is -2.87. The molecule has 0 atom stereocenters. The van der Waals surface area contributed by atoms with E-state index < -0.39 is 11.7 Å². The quantitative estimate of drug-likeness (QED) is 0.637. The highest BCUT2D eigenvalue weighted by molar-refractivity contribution is 5.53. The number of rotatable bonds is 6. The smallest absolute Gasteiger partial charge is 0.416 e. The van der Waals surface area contributed by atoms with Gasteiger partial charge in [0, 0.05) is 12.1 Å². The van der Waals surface area contributed by atoms with Crippen LogP contribution in [0.25, 0.3) is 11.5 Å². The van der Waals surface area contributed by atoms with Crippen LogP contribution in [-0.4, -0.2) is 29.3 Å². The van der Waals surface area contributed by atoms with Crippen molar-refractivity contribution in [2.24, 2.45) is 0 Å². The Morgan fingerprint density at radius 2 is 1.63 bits per heavy atom. The van der Waals surface area contributed by atoms with Crippen molar-refractivity contribution in [3.63, 3.8) is 0 Å². The highest BCUT2D eigenvalue weighted by atomic mass is 19.4. The standard InChI is InChI=1S/C19H18F3N3O2/c1-25(11-13-3-7-15(8-4-13)19(20,21)22)12-17-23-24-18(27-17)14-5-9-16(26-2)10-6-14/h3-10H,11-12H2,1-2H3. The van der Waals surface area contributed by atoms with Crippen LogP contribution in [0.5, 0.6) is 5.75 Å². The van der Waals surface area contributed by atoms with E-state index in [2.05, 4.69) is 10.2 Å². The second kappa shape index (κ2) is 7.79. The monoisotopic (exact) mass is 377 g/mol. The van der Waals surface area contributed by atoms with Gasteiger partial charge in [-0.05, 0) is 49.0 Å². The first kappa shape index (κ1) is 18.9. The zero-order valence-electron chi connectivity index (χ0n) is 14.8. The molecule has 0 N–H and O–H groups in total. The van der Waals surface area contributed by atoms with Gasteiger partial charge in [-0.2, -0.15) is 13.2 Å². The predicted molar refractivity (Wildman–Crippen MR) is 92.9 cm³/mol. The molecule has 8 heteroatoms. The molecule has 1 heterocycles. The number of nitrogens with zero attached hydrogens (tertiary/aromatic N) is 3. The second-order valence-corrected chi connectivity index (χ2v) is 6.10. The van der Waals surface area contributed by atoms with E-state index in [1.54, 1.807) is 19.2 Å². The van der Waals surface area contributed by atoms with E-state index in [-0.39, 0.29) is 0 Å². The maximum Gasteiger partial charge on any atom is 0.416 e. The maximum atomic E-state index is 12.6. The molecule has 0 fully saturated rings. The molecule has 2 aromatic carbocycles. The van der Waals surface area contributed by atoms with Gasteiger partial charge in [-0.25, -0.2) is 0 Å². The molecule has 142 valence electrons. The summed E-state index contributed by atoms with van der Waals surface area (Å²) in [5.41, 5.74) is 0.885. The zero-order valence-corrected chi connectivity index (χ0v) is 14.8. The fraction of sp³-hybridized carbons (Fsp3) is 0.263. The summed E-state index contributed by atoms with van der Waals surface area (Å²) in [6, 6.07) is 12.3. The van der Waals surface area contributed by atoms with Crippen LogP contribution in [0, 0.1) is 0 Å². The number of hydrogen-bond donors (Lipinski definition) is 0. The third kappa shape index (κ3) is 4.85. The topological polar surface area (TPSA) is 51.4 Å². The van der Waals surface area contributed by atoms with Gasteiger partial charge in [-0.3, -0.25) is 4.90 Å². The van der Waals surface area contributed by atoms with Crippen LogP contribution >= 0.6 is 0 Å². The lowest BCUT2D eigenvalue weighted by atomic mass is 10.1. The Morgan fingerprint density at radius 1 is 0.963 bits per heavy atom. The number of hydrogen-bond acceptors (Lipinski definition) is 5. The van der Waals surface area contributed by atoms with Gasteiger partial charge in [0.15, 0.2) is 0 Å². The minimum atomic E-state index is -4.33. The van der Waals surface area contributed by atoms with Gasteiger partial charge >= 0.3 is 6.18 Å². The largest absolute Gasteiger partial charge is 0.497 e. The summed E-state index contributed by atoms with van der Waals surface area (Å²) < 4.78 is 48.6. The van der Waals surface area contributed by atoms with Crippen molar-refractivity contribution in [1.29, 1.82) is 0 Å². The SMILES string of the molecule is COc1ccc(-c2nnc(CN(C)Cc3ccc(C(F)(F)F)cc3)o2)cc1. The summed E-state index contributed by atoms with van der Waals surface area (Å²) in [7, 11) is 3.42. The Bertz CT molecular complexity index is 874. The van der Waals surface area contributed by atoms with Crippen LogP contribution in [0.15, 0.2) is 52.9 Å². The van der Waals surface area contributed by atoms with Crippen LogP contribution < -0.4 is 4.74 Å². The molecule has 0 radical (unpaired) electrons. The first-order valence-electron chi connectivity index (χ1n) is 8.16. The van der Waals surface area contributed by atoms with E-state index in [0.717, 1.165) is 29.0 Å². The van der Waals surface area contributed by atoms with E-state index >= 15 is 0 Å². The number of alkyl halides is 3. The molecule has 0 aliphatic heterocycles. The molecule has 0 bridgehead atoms. The number of methoxy groups -OCH3 is 1. The van der Waals surface area contributed by atoms with E-state index in [1.165, 1.54) is 12.1 Å². The summed E-state index contributed by atoms with van der Waals surface area (Å²) in [6.07, 6.45) is -4.33. The Balaban J connectivity index is 1.61. The maximum absolute atomic E-state index is 12.6. The van der Waals surface area contributed by atoms with Crippen molar-refractivity contribution >= 4 is 0 Å². The third-order valence-electron chi connectivity index (χ3n) is 3.94. The second-order valence-electron chi connectivity index (χ2n) is 6.10. The van der Waals surface area contributed by atoms with E-state index in [4.69, 9.17) is 9.15 Å². The van der Waals surface area contributed by atoms with Gasteiger partial charge in [-0.15, -0.1) is 10.2 Å². The minimum Gasteiger partial charge on any atom is -0.497 e. The van der Waals surface area contributed by atoms with Gasteiger partial charge in [0.25, 0.3) is 0 Å². The fourth-order valence-electron chi connectivity index (χ4n) is 2.57. The van der Waals surface area contributed by atoms with E-state index in [9.17, 15) is 13.2 Å². The number of aromatic nitrogens is 2. The van der Waals surface area contributed by atoms with Crippen LogP contribution in [0.3, 0.4) is 0 Å². The molecule has 0 amide bonds. The van der Waals surface area contributed by atoms with Crippen LogP contribution in [0.4, 0.5) is 13.2 Å². The van der Waals surface area contributed by atoms with Crippen molar-refractivity contribution in [3.8, 4) is 17.2 Å². The fourth-order valence-corrected chi connectivity index (χ4v) is 2.57. The number of benzene rings is 2. The summed E-state index contributed by atoms with van der Waals surface area (Å²) in [6.45, 7) is 0.836. The molecule has 0 unspecified atom stereocenters. The average Bonchev–Trinajstić information content (AvgIpc) is 3.09. The number of ether oxygens (including phenoxy) is 1.